The number of nitrogens with one attached hydrogen (secondary N) is 1. The standard InChI is InChI=1S/C13H19N3O2/c1-4-18-12-14-7-10(8-15-12)11(17)16-13(3)5-9(2)6-13/h7-9H,4-6H2,1-3H3,(H,16,17). The quantitative estimate of drug-likeness (QED) is 0.883. The largest absolute Gasteiger partial charge is 0.464 e. The summed E-state index contributed by atoms with van der Waals surface area (Å²) < 4.78 is 5.13. The molecular weight excluding hydrogens is 230 g/mol. The number of carbonyl (C=O) groups is 1. The predicted molar refractivity (Wildman–Crippen MR) is 67.5 cm³/mol. The Balaban J connectivity index is 1.96. The summed E-state index contributed by atoms with van der Waals surface area (Å²) in [5.74, 6) is 0.569. The molecule has 1 heterocycles. The summed E-state index contributed by atoms with van der Waals surface area (Å²) in [5.41, 5.74) is 0.397. The van der Waals surface area contributed by atoms with Crippen LogP contribution in [0, 0.1) is 5.92 Å². The molecule has 1 N–H and O–H groups in total. The first kappa shape index (κ1) is 12.8. The molecule has 0 atom stereocenters. The van der Waals surface area contributed by atoms with Crippen molar-refractivity contribution >= 4 is 5.91 Å². The van der Waals surface area contributed by atoms with Gasteiger partial charge in [0.2, 0.25) is 0 Å². The fourth-order valence-electron chi connectivity index (χ4n) is 2.56. The van der Waals surface area contributed by atoms with Crippen LogP contribution in [0.25, 0.3) is 0 Å². The van der Waals surface area contributed by atoms with Gasteiger partial charge in [0.15, 0.2) is 0 Å². The van der Waals surface area contributed by atoms with Crippen LogP contribution in [0.15, 0.2) is 12.4 Å². The van der Waals surface area contributed by atoms with E-state index in [0.29, 0.717) is 24.1 Å². The molecule has 18 heavy (non-hydrogen) atoms. The number of amides is 1. The van der Waals surface area contributed by atoms with E-state index in [1.54, 1.807) is 0 Å². The Labute approximate surface area is 107 Å². The minimum Gasteiger partial charge on any atom is -0.464 e. The summed E-state index contributed by atoms with van der Waals surface area (Å²) in [4.78, 5) is 20.0. The SMILES string of the molecule is CCOc1ncc(C(=O)NC2(C)CC(C)C2)cn1. The third-order valence-corrected chi connectivity index (χ3v) is 3.18. The van der Waals surface area contributed by atoms with Gasteiger partial charge in [0.05, 0.1) is 12.2 Å². The van der Waals surface area contributed by atoms with Crippen LogP contribution in [0.2, 0.25) is 0 Å². The molecule has 1 fully saturated rings. The molecule has 1 aromatic heterocycles. The maximum atomic E-state index is 12.0. The minimum absolute atomic E-state index is 0.0743. The average Bonchev–Trinajstić information content (AvgIpc) is 2.28. The molecule has 1 aliphatic carbocycles. The van der Waals surface area contributed by atoms with Crippen molar-refractivity contribution in [3.63, 3.8) is 0 Å². The van der Waals surface area contributed by atoms with E-state index >= 15 is 0 Å². The van der Waals surface area contributed by atoms with Crippen molar-refractivity contribution in [3.05, 3.63) is 18.0 Å². The Hall–Kier alpha value is -1.65. The molecule has 0 bridgehead atoms. The highest BCUT2D eigenvalue weighted by Crippen LogP contribution is 2.36. The molecule has 0 radical (unpaired) electrons. The zero-order valence-electron chi connectivity index (χ0n) is 11.1. The lowest BCUT2D eigenvalue weighted by molar-refractivity contribution is 0.0771. The van der Waals surface area contributed by atoms with Crippen LogP contribution >= 0.6 is 0 Å². The first-order valence-electron chi connectivity index (χ1n) is 6.30. The molecular formula is C13H19N3O2. The molecule has 0 aliphatic heterocycles. The maximum absolute atomic E-state index is 12.0. The molecule has 0 aromatic carbocycles. The molecule has 5 heteroatoms. The van der Waals surface area contributed by atoms with E-state index < -0.39 is 0 Å². The molecule has 5 nitrogen and oxygen atoms in total. The topological polar surface area (TPSA) is 64.1 Å². The van der Waals surface area contributed by atoms with Crippen LogP contribution in [0.5, 0.6) is 6.01 Å². The molecule has 0 spiro atoms. The Morgan fingerprint density at radius 3 is 2.61 bits per heavy atom. The number of aromatic nitrogens is 2. The Bertz CT molecular complexity index is 424. The van der Waals surface area contributed by atoms with Gasteiger partial charge in [0.25, 0.3) is 5.91 Å². The van der Waals surface area contributed by atoms with E-state index in [-0.39, 0.29) is 11.4 Å². The van der Waals surface area contributed by atoms with Crippen molar-refractivity contribution in [2.24, 2.45) is 5.92 Å². The van der Waals surface area contributed by atoms with Crippen LogP contribution in [-0.2, 0) is 0 Å². The summed E-state index contributed by atoms with van der Waals surface area (Å²) in [7, 11) is 0. The van der Waals surface area contributed by atoms with Gasteiger partial charge in [-0.3, -0.25) is 4.79 Å². The molecule has 0 saturated heterocycles. The molecule has 0 unspecified atom stereocenters. The first-order valence-corrected chi connectivity index (χ1v) is 6.30. The van der Waals surface area contributed by atoms with Crippen LogP contribution in [-0.4, -0.2) is 28.0 Å². The van der Waals surface area contributed by atoms with Crippen molar-refractivity contribution < 1.29 is 9.53 Å². The van der Waals surface area contributed by atoms with Gasteiger partial charge in [0.1, 0.15) is 0 Å². The second kappa shape index (κ2) is 4.92. The van der Waals surface area contributed by atoms with Gasteiger partial charge in [-0.05, 0) is 32.6 Å². The molecule has 1 amide bonds. The van der Waals surface area contributed by atoms with E-state index in [1.165, 1.54) is 12.4 Å². The second-order valence-corrected chi connectivity index (χ2v) is 5.22. The average molecular weight is 249 g/mol. The highest BCUT2D eigenvalue weighted by atomic mass is 16.5. The van der Waals surface area contributed by atoms with E-state index in [0.717, 1.165) is 12.8 Å². The minimum atomic E-state index is -0.118. The van der Waals surface area contributed by atoms with Crippen LogP contribution in [0.1, 0.15) is 44.0 Å². The molecule has 2 rings (SSSR count). The van der Waals surface area contributed by atoms with Crippen molar-refractivity contribution in [3.8, 4) is 6.01 Å². The molecule has 1 aromatic rings. The van der Waals surface area contributed by atoms with Gasteiger partial charge in [-0.2, -0.15) is 0 Å². The van der Waals surface area contributed by atoms with Gasteiger partial charge in [0, 0.05) is 17.9 Å². The number of carbonyl (C=O) groups excluding carboxylic acids is 1. The summed E-state index contributed by atoms with van der Waals surface area (Å²) in [5, 5.41) is 3.03. The third-order valence-electron chi connectivity index (χ3n) is 3.18. The Kier molecular flexibility index (Phi) is 3.50. The fraction of sp³-hybridized carbons (Fsp3) is 0.615. The Morgan fingerprint density at radius 1 is 1.50 bits per heavy atom. The normalized spacial score (nSPS) is 26.3. The molecule has 1 aliphatic rings. The van der Waals surface area contributed by atoms with Crippen LogP contribution < -0.4 is 10.1 Å². The summed E-state index contributed by atoms with van der Waals surface area (Å²) >= 11 is 0. The predicted octanol–water partition coefficient (Wildman–Crippen LogP) is 1.79. The lowest BCUT2D eigenvalue weighted by atomic mass is 9.70. The fourth-order valence-corrected chi connectivity index (χ4v) is 2.56. The van der Waals surface area contributed by atoms with Crippen molar-refractivity contribution in [1.82, 2.24) is 15.3 Å². The summed E-state index contributed by atoms with van der Waals surface area (Å²) in [6.45, 7) is 6.64. The van der Waals surface area contributed by atoms with Gasteiger partial charge in [-0.15, -0.1) is 0 Å². The smallest absolute Gasteiger partial charge is 0.316 e. The van der Waals surface area contributed by atoms with Crippen molar-refractivity contribution in [1.29, 1.82) is 0 Å². The zero-order chi connectivity index (χ0) is 13.2. The van der Waals surface area contributed by atoms with E-state index in [9.17, 15) is 4.79 Å². The first-order chi connectivity index (χ1) is 8.52. The summed E-state index contributed by atoms with van der Waals surface area (Å²) in [6, 6.07) is 0.303. The van der Waals surface area contributed by atoms with E-state index in [2.05, 4.69) is 29.1 Å². The highest BCUT2D eigenvalue weighted by Gasteiger charge is 2.38. The van der Waals surface area contributed by atoms with Gasteiger partial charge >= 0.3 is 6.01 Å². The second-order valence-electron chi connectivity index (χ2n) is 5.22. The number of hydrogen-bond acceptors (Lipinski definition) is 4. The van der Waals surface area contributed by atoms with Crippen molar-refractivity contribution in [2.75, 3.05) is 6.61 Å². The number of rotatable bonds is 4. The zero-order valence-corrected chi connectivity index (χ0v) is 11.1. The van der Waals surface area contributed by atoms with E-state index in [1.807, 2.05) is 6.92 Å². The molecule has 98 valence electrons. The van der Waals surface area contributed by atoms with E-state index in [4.69, 9.17) is 4.74 Å². The lowest BCUT2D eigenvalue weighted by Gasteiger charge is -2.44. The monoisotopic (exact) mass is 249 g/mol. The van der Waals surface area contributed by atoms with Gasteiger partial charge in [-0.1, -0.05) is 6.92 Å². The van der Waals surface area contributed by atoms with Gasteiger partial charge < -0.3 is 10.1 Å². The third kappa shape index (κ3) is 2.78. The lowest BCUT2D eigenvalue weighted by Crippen LogP contribution is -2.54. The molecule has 1 saturated carbocycles. The highest BCUT2D eigenvalue weighted by molar-refractivity contribution is 5.94. The number of nitrogens with zero attached hydrogens (tertiary/aromatic N) is 2. The van der Waals surface area contributed by atoms with Crippen molar-refractivity contribution in [2.45, 2.75) is 39.2 Å². The number of ether oxygens (including phenoxy) is 1. The van der Waals surface area contributed by atoms with Crippen LogP contribution in [0.4, 0.5) is 0 Å². The summed E-state index contributed by atoms with van der Waals surface area (Å²) in [6.07, 6.45) is 5.05. The maximum Gasteiger partial charge on any atom is 0.316 e. The Morgan fingerprint density at radius 2 is 2.11 bits per heavy atom. The van der Waals surface area contributed by atoms with Gasteiger partial charge in [-0.25, -0.2) is 9.97 Å². The van der Waals surface area contributed by atoms with Crippen LogP contribution in [0.3, 0.4) is 0 Å². The number of hydrogen-bond donors (Lipinski definition) is 1.